The van der Waals surface area contributed by atoms with E-state index in [4.69, 9.17) is 4.74 Å². The van der Waals surface area contributed by atoms with Gasteiger partial charge in [0.2, 0.25) is 0 Å². The molecule has 9 heavy (non-hydrogen) atoms. The second-order valence-corrected chi connectivity index (χ2v) is 1.87. The lowest BCUT2D eigenvalue weighted by Crippen LogP contribution is -1.89. The van der Waals surface area contributed by atoms with Gasteiger partial charge in [0, 0.05) is 0 Å². The third-order valence-electron chi connectivity index (χ3n) is 1.01. The van der Waals surface area contributed by atoms with Crippen molar-refractivity contribution in [3.05, 3.63) is 25.0 Å². The van der Waals surface area contributed by atoms with Gasteiger partial charge in [0.15, 0.2) is 0 Å². The average Bonchev–Trinajstić information content (AvgIpc) is 1.89. The van der Waals surface area contributed by atoms with Crippen LogP contribution in [0.1, 0.15) is 19.8 Å². The quantitative estimate of drug-likeness (QED) is 0.312. The van der Waals surface area contributed by atoms with Gasteiger partial charge in [-0.05, 0) is 12.5 Å². The molecule has 0 aliphatic carbocycles. The molecular weight excluding hydrogens is 112 g/mol. The Morgan fingerprint density at radius 1 is 1.67 bits per heavy atom. The fourth-order valence-corrected chi connectivity index (χ4v) is 0.407. The van der Waals surface area contributed by atoms with Crippen LogP contribution in [0.2, 0.25) is 0 Å². The Bertz CT molecular complexity index is 94.7. The van der Waals surface area contributed by atoms with Crippen LogP contribution in [0, 0.1) is 0 Å². The lowest BCUT2D eigenvalue weighted by molar-refractivity contribution is 0.221. The molecule has 0 aliphatic heterocycles. The van der Waals surface area contributed by atoms with E-state index < -0.39 is 0 Å². The second kappa shape index (κ2) is 5.42. The molecule has 0 saturated heterocycles. The van der Waals surface area contributed by atoms with Gasteiger partial charge in [-0.2, -0.15) is 0 Å². The Kier molecular flexibility index (Phi) is 4.98. The van der Waals surface area contributed by atoms with E-state index in [1.54, 1.807) is 6.08 Å². The number of allylic oxidation sites excluding steroid dienone is 1. The number of ether oxygens (including phenoxy) is 1. The maximum Gasteiger partial charge on any atom is 0.111 e. The van der Waals surface area contributed by atoms with Crippen molar-refractivity contribution in [2.45, 2.75) is 19.8 Å². The van der Waals surface area contributed by atoms with Gasteiger partial charge >= 0.3 is 0 Å². The fourth-order valence-electron chi connectivity index (χ4n) is 0.407. The Morgan fingerprint density at radius 3 is 2.78 bits per heavy atom. The summed E-state index contributed by atoms with van der Waals surface area (Å²) in [6.07, 6.45) is 3.87. The van der Waals surface area contributed by atoms with Gasteiger partial charge < -0.3 is 4.74 Å². The number of unbranched alkanes of at least 4 members (excludes halogenated alkanes) is 1. The first-order chi connectivity index (χ1) is 4.31. The van der Waals surface area contributed by atoms with E-state index in [9.17, 15) is 0 Å². The zero-order chi connectivity index (χ0) is 7.11. The van der Waals surface area contributed by atoms with Gasteiger partial charge in [-0.3, -0.25) is 0 Å². The van der Waals surface area contributed by atoms with Crippen molar-refractivity contribution < 1.29 is 4.74 Å². The summed E-state index contributed by atoms with van der Waals surface area (Å²) in [5.74, 6) is 0.670. The molecule has 1 heteroatoms. The zero-order valence-electron chi connectivity index (χ0n) is 6.02. The van der Waals surface area contributed by atoms with Crippen molar-refractivity contribution in [3.63, 3.8) is 0 Å². The zero-order valence-corrected chi connectivity index (χ0v) is 6.02. The highest BCUT2D eigenvalue weighted by atomic mass is 16.5. The van der Waals surface area contributed by atoms with Gasteiger partial charge in [0.1, 0.15) is 5.76 Å². The lowest BCUT2D eigenvalue weighted by Gasteiger charge is -2.01. The maximum atomic E-state index is 5.12. The summed E-state index contributed by atoms with van der Waals surface area (Å²) < 4.78 is 5.12. The maximum absolute atomic E-state index is 5.12. The van der Waals surface area contributed by atoms with E-state index in [2.05, 4.69) is 20.1 Å². The Labute approximate surface area is 57.0 Å². The average molecular weight is 126 g/mol. The van der Waals surface area contributed by atoms with Crippen LogP contribution in [0.4, 0.5) is 0 Å². The van der Waals surface area contributed by atoms with Gasteiger partial charge in [-0.1, -0.05) is 26.5 Å². The Balaban J connectivity index is 3.07. The number of hydrogen-bond acceptors (Lipinski definition) is 1. The van der Waals surface area contributed by atoms with Gasteiger partial charge in [0.25, 0.3) is 0 Å². The smallest absolute Gasteiger partial charge is 0.111 e. The summed E-state index contributed by atoms with van der Waals surface area (Å²) in [6.45, 7) is 10.0. The molecular formula is C8H14O. The first-order valence-corrected chi connectivity index (χ1v) is 3.25. The largest absolute Gasteiger partial charge is 0.494 e. The number of hydrogen-bond donors (Lipinski definition) is 0. The molecule has 0 N–H and O–H groups in total. The summed E-state index contributed by atoms with van der Waals surface area (Å²) in [6, 6.07) is 0. The molecule has 0 fully saturated rings. The summed E-state index contributed by atoms with van der Waals surface area (Å²) in [4.78, 5) is 0. The van der Waals surface area contributed by atoms with Crippen molar-refractivity contribution in [2.75, 3.05) is 6.61 Å². The molecule has 0 aromatic carbocycles. The van der Waals surface area contributed by atoms with E-state index >= 15 is 0 Å². The third-order valence-corrected chi connectivity index (χ3v) is 1.01. The molecule has 0 unspecified atom stereocenters. The molecule has 0 aliphatic rings. The minimum atomic E-state index is 0.670. The molecule has 52 valence electrons. The topological polar surface area (TPSA) is 9.23 Å². The summed E-state index contributed by atoms with van der Waals surface area (Å²) in [5.41, 5.74) is 0. The molecule has 0 aromatic heterocycles. The monoisotopic (exact) mass is 126 g/mol. The van der Waals surface area contributed by atoms with Crippen LogP contribution in [0.15, 0.2) is 25.0 Å². The van der Waals surface area contributed by atoms with Crippen LogP contribution >= 0.6 is 0 Å². The summed E-state index contributed by atoms with van der Waals surface area (Å²) >= 11 is 0. The van der Waals surface area contributed by atoms with E-state index in [1.807, 2.05) is 0 Å². The molecule has 0 aromatic rings. The third kappa shape index (κ3) is 5.15. The lowest BCUT2D eigenvalue weighted by atomic mass is 10.4. The standard InChI is InChI=1S/C8H14O/c1-4-6-7-9-8(3)5-2/h5H,2-4,6-7H2,1H3. The van der Waals surface area contributed by atoms with Crippen LogP contribution in [-0.2, 0) is 4.74 Å². The highest BCUT2D eigenvalue weighted by Gasteiger charge is 1.85. The van der Waals surface area contributed by atoms with Crippen molar-refractivity contribution in [2.24, 2.45) is 0 Å². The molecule has 0 heterocycles. The highest BCUT2D eigenvalue weighted by Crippen LogP contribution is 1.96. The van der Waals surface area contributed by atoms with Gasteiger partial charge in [0.05, 0.1) is 6.61 Å². The van der Waals surface area contributed by atoms with E-state index in [0.29, 0.717) is 5.76 Å². The van der Waals surface area contributed by atoms with Crippen molar-refractivity contribution in [3.8, 4) is 0 Å². The highest BCUT2D eigenvalue weighted by molar-refractivity contribution is 5.01. The minimum absolute atomic E-state index is 0.670. The molecule has 1 nitrogen and oxygen atoms in total. The predicted octanol–water partition coefficient (Wildman–Crippen LogP) is 2.50. The fraction of sp³-hybridized carbons (Fsp3) is 0.500. The SMILES string of the molecule is C=CC(=C)OCCCC. The Hall–Kier alpha value is -0.720. The summed E-state index contributed by atoms with van der Waals surface area (Å²) in [7, 11) is 0. The van der Waals surface area contributed by atoms with Crippen LogP contribution < -0.4 is 0 Å². The first kappa shape index (κ1) is 8.28. The van der Waals surface area contributed by atoms with E-state index in [-0.39, 0.29) is 0 Å². The van der Waals surface area contributed by atoms with Crippen molar-refractivity contribution in [1.29, 1.82) is 0 Å². The van der Waals surface area contributed by atoms with Crippen LogP contribution in [0.5, 0.6) is 0 Å². The van der Waals surface area contributed by atoms with E-state index in [0.717, 1.165) is 19.4 Å². The van der Waals surface area contributed by atoms with Crippen LogP contribution in [0.3, 0.4) is 0 Å². The van der Waals surface area contributed by atoms with Crippen LogP contribution in [-0.4, -0.2) is 6.61 Å². The molecule has 0 bridgehead atoms. The predicted molar refractivity (Wildman–Crippen MR) is 40.2 cm³/mol. The summed E-state index contributed by atoms with van der Waals surface area (Å²) in [5, 5.41) is 0. The van der Waals surface area contributed by atoms with Crippen LogP contribution in [0.25, 0.3) is 0 Å². The normalized spacial score (nSPS) is 8.56. The minimum Gasteiger partial charge on any atom is -0.494 e. The Morgan fingerprint density at radius 2 is 2.33 bits per heavy atom. The van der Waals surface area contributed by atoms with Gasteiger partial charge in [-0.15, -0.1) is 0 Å². The van der Waals surface area contributed by atoms with Crippen molar-refractivity contribution >= 4 is 0 Å². The molecule has 0 rings (SSSR count). The van der Waals surface area contributed by atoms with Gasteiger partial charge in [-0.25, -0.2) is 0 Å². The number of rotatable bonds is 5. The molecule has 0 saturated carbocycles. The molecule has 0 amide bonds. The second-order valence-electron chi connectivity index (χ2n) is 1.87. The molecule has 0 atom stereocenters. The first-order valence-electron chi connectivity index (χ1n) is 3.25. The molecule has 0 spiro atoms. The van der Waals surface area contributed by atoms with Crippen molar-refractivity contribution in [1.82, 2.24) is 0 Å². The molecule has 0 radical (unpaired) electrons. The van der Waals surface area contributed by atoms with E-state index in [1.165, 1.54) is 0 Å².